The van der Waals surface area contributed by atoms with Gasteiger partial charge in [0, 0.05) is 42.8 Å². The third-order valence-electron chi connectivity index (χ3n) is 9.69. The normalized spacial score (nSPS) is 11.5. The highest BCUT2D eigenvalue weighted by atomic mass is 32.1. The van der Waals surface area contributed by atoms with Crippen LogP contribution in [0.3, 0.4) is 0 Å². The van der Waals surface area contributed by atoms with Gasteiger partial charge in [0.05, 0.1) is 10.2 Å². The number of rotatable bonds is 6. The number of benzene rings is 8. The first kappa shape index (κ1) is 29.8. The quantitative estimate of drug-likeness (QED) is 0.173. The highest BCUT2D eigenvalue weighted by Gasteiger charge is 2.16. The van der Waals surface area contributed by atoms with Crippen LogP contribution in [0.15, 0.2) is 182 Å². The van der Waals surface area contributed by atoms with Crippen molar-refractivity contribution in [2.75, 3.05) is 4.90 Å². The highest BCUT2D eigenvalue weighted by Crippen LogP contribution is 2.44. The summed E-state index contributed by atoms with van der Waals surface area (Å²) in [5.74, 6) is 0. The number of aromatic nitrogens is 1. The van der Waals surface area contributed by atoms with Crippen molar-refractivity contribution in [3.8, 4) is 32.8 Å². The number of thiazole rings is 1. The number of nitrogens with zero attached hydrogens (tertiary/aromatic N) is 2. The molecule has 0 saturated carbocycles. The van der Waals surface area contributed by atoms with E-state index in [0.29, 0.717) is 0 Å². The van der Waals surface area contributed by atoms with E-state index in [9.17, 15) is 0 Å². The molecular formula is C47H30N2S2. The highest BCUT2D eigenvalue weighted by molar-refractivity contribution is 7.28. The minimum absolute atomic E-state index is 1.07. The molecule has 0 N–H and O–H groups in total. The van der Waals surface area contributed by atoms with Gasteiger partial charge in [-0.2, -0.15) is 0 Å². The predicted octanol–water partition coefficient (Wildman–Crippen LogP) is 14.3. The van der Waals surface area contributed by atoms with Crippen LogP contribution in [0.2, 0.25) is 0 Å². The van der Waals surface area contributed by atoms with Crippen LogP contribution in [-0.2, 0) is 0 Å². The average Bonchev–Trinajstić information content (AvgIpc) is 3.81. The summed E-state index contributed by atoms with van der Waals surface area (Å²) in [4.78, 5) is 7.35. The van der Waals surface area contributed by atoms with E-state index in [1.165, 1.54) is 63.5 Å². The molecule has 8 aromatic carbocycles. The Morgan fingerprint density at radius 3 is 1.71 bits per heavy atom. The molecule has 2 aromatic heterocycles. The zero-order valence-electron chi connectivity index (χ0n) is 27.5. The van der Waals surface area contributed by atoms with Gasteiger partial charge in [-0.15, -0.1) is 22.7 Å². The summed E-state index contributed by atoms with van der Waals surface area (Å²) in [6.45, 7) is 0. The molecule has 0 unspecified atom stereocenters. The number of anilines is 3. The molecule has 0 aliphatic carbocycles. The summed E-state index contributed by atoms with van der Waals surface area (Å²) >= 11 is 3.66. The Balaban J connectivity index is 1.02. The zero-order chi connectivity index (χ0) is 33.7. The van der Waals surface area contributed by atoms with Crippen LogP contribution in [0.25, 0.3) is 74.0 Å². The van der Waals surface area contributed by atoms with Crippen LogP contribution < -0.4 is 4.90 Å². The summed E-state index contributed by atoms with van der Waals surface area (Å²) in [7, 11) is 0. The summed E-state index contributed by atoms with van der Waals surface area (Å²) in [5, 5.41) is 6.14. The second-order valence-electron chi connectivity index (χ2n) is 12.8. The molecule has 0 amide bonds. The standard InChI is InChI=1S/C47H30N2S2/c1-3-9-31(10-4-1)33-15-21-38(22-16-33)49(40-25-19-32-11-7-8-14-36(32)29-40)39-23-17-34(18-24-39)37-20-26-41-44(30-37)50-43-28-27-42-46(45(41)43)51-47(48-42)35-12-5-2-6-13-35/h1-30H. The number of hydrogen-bond donors (Lipinski definition) is 0. The molecule has 10 rings (SSSR count). The number of hydrogen-bond acceptors (Lipinski definition) is 4. The molecule has 240 valence electrons. The van der Waals surface area contributed by atoms with E-state index in [-0.39, 0.29) is 0 Å². The van der Waals surface area contributed by atoms with Crippen LogP contribution in [0.4, 0.5) is 17.1 Å². The van der Waals surface area contributed by atoms with Gasteiger partial charge in [0.1, 0.15) is 5.01 Å². The van der Waals surface area contributed by atoms with Gasteiger partial charge in [-0.1, -0.05) is 127 Å². The van der Waals surface area contributed by atoms with E-state index in [1.54, 1.807) is 11.3 Å². The predicted molar refractivity (Wildman–Crippen MR) is 221 cm³/mol. The summed E-state index contributed by atoms with van der Waals surface area (Å²) < 4.78 is 3.86. The van der Waals surface area contributed by atoms with Gasteiger partial charge >= 0.3 is 0 Å². The lowest BCUT2D eigenvalue weighted by atomic mass is 10.0. The van der Waals surface area contributed by atoms with E-state index >= 15 is 0 Å². The van der Waals surface area contributed by atoms with Gasteiger partial charge in [0.2, 0.25) is 0 Å². The Hall–Kier alpha value is -6.07. The maximum Gasteiger partial charge on any atom is 0.124 e. The van der Waals surface area contributed by atoms with E-state index in [0.717, 1.165) is 27.6 Å². The maximum atomic E-state index is 5.00. The Bertz CT molecular complexity index is 2840. The third kappa shape index (κ3) is 5.37. The molecule has 0 spiro atoms. The van der Waals surface area contributed by atoms with Crippen molar-refractivity contribution in [1.29, 1.82) is 0 Å². The largest absolute Gasteiger partial charge is 0.310 e. The van der Waals surface area contributed by atoms with Crippen LogP contribution >= 0.6 is 22.7 Å². The molecule has 0 bridgehead atoms. The lowest BCUT2D eigenvalue weighted by molar-refractivity contribution is 1.29. The Kier molecular flexibility index (Phi) is 7.23. The van der Waals surface area contributed by atoms with Crippen molar-refractivity contribution < 1.29 is 0 Å². The fourth-order valence-electron chi connectivity index (χ4n) is 7.13. The monoisotopic (exact) mass is 686 g/mol. The van der Waals surface area contributed by atoms with E-state index in [2.05, 4.69) is 187 Å². The molecule has 0 aliphatic rings. The minimum atomic E-state index is 1.07. The molecule has 0 atom stereocenters. The SMILES string of the molecule is c1ccc(-c2ccc(N(c3ccc(-c4ccc5c(c4)sc4ccc6nc(-c7ccccc7)sc6c45)cc3)c3ccc4ccccc4c3)cc2)cc1. The Morgan fingerprint density at radius 2 is 0.980 bits per heavy atom. The van der Waals surface area contributed by atoms with Gasteiger partial charge in [-0.3, -0.25) is 0 Å². The summed E-state index contributed by atoms with van der Waals surface area (Å²) in [6, 6.07) is 65.5. The second-order valence-corrected chi connectivity index (χ2v) is 14.9. The molecule has 0 fully saturated rings. The summed E-state index contributed by atoms with van der Waals surface area (Å²) in [5.41, 5.74) is 10.4. The molecule has 2 heterocycles. The van der Waals surface area contributed by atoms with Crippen LogP contribution in [0.1, 0.15) is 0 Å². The van der Waals surface area contributed by atoms with E-state index < -0.39 is 0 Å². The number of thiophene rings is 1. The van der Waals surface area contributed by atoms with Crippen LogP contribution in [0.5, 0.6) is 0 Å². The van der Waals surface area contributed by atoms with Crippen molar-refractivity contribution in [2.24, 2.45) is 0 Å². The molecule has 0 radical (unpaired) electrons. The molecular weight excluding hydrogens is 657 g/mol. The van der Waals surface area contributed by atoms with Crippen molar-refractivity contribution >= 4 is 80.9 Å². The lowest BCUT2D eigenvalue weighted by Crippen LogP contribution is -2.09. The maximum absolute atomic E-state index is 5.00. The van der Waals surface area contributed by atoms with Gasteiger partial charge < -0.3 is 4.90 Å². The van der Waals surface area contributed by atoms with Crippen molar-refractivity contribution in [1.82, 2.24) is 4.98 Å². The van der Waals surface area contributed by atoms with Crippen molar-refractivity contribution in [3.05, 3.63) is 182 Å². The Morgan fingerprint density at radius 1 is 0.392 bits per heavy atom. The van der Waals surface area contributed by atoms with Gasteiger partial charge in [0.25, 0.3) is 0 Å². The first-order valence-electron chi connectivity index (χ1n) is 17.1. The summed E-state index contributed by atoms with van der Waals surface area (Å²) in [6.07, 6.45) is 0. The van der Waals surface area contributed by atoms with Crippen LogP contribution in [0, 0.1) is 0 Å². The average molecular weight is 687 g/mol. The van der Waals surface area contributed by atoms with Gasteiger partial charge in [0.15, 0.2) is 0 Å². The molecule has 2 nitrogen and oxygen atoms in total. The topological polar surface area (TPSA) is 16.1 Å². The van der Waals surface area contributed by atoms with E-state index in [4.69, 9.17) is 4.98 Å². The lowest BCUT2D eigenvalue weighted by Gasteiger charge is -2.26. The van der Waals surface area contributed by atoms with E-state index in [1.807, 2.05) is 11.3 Å². The minimum Gasteiger partial charge on any atom is -0.310 e. The zero-order valence-corrected chi connectivity index (χ0v) is 29.2. The second kappa shape index (κ2) is 12.4. The number of fused-ring (bicyclic) bond motifs is 6. The fraction of sp³-hybridized carbons (Fsp3) is 0. The molecule has 0 saturated heterocycles. The first-order chi connectivity index (χ1) is 25.2. The molecule has 51 heavy (non-hydrogen) atoms. The Labute approximate surface area is 304 Å². The third-order valence-corrected chi connectivity index (χ3v) is 11.9. The van der Waals surface area contributed by atoms with Crippen molar-refractivity contribution in [2.45, 2.75) is 0 Å². The fourth-order valence-corrected chi connectivity index (χ4v) is 9.48. The van der Waals surface area contributed by atoms with Gasteiger partial charge in [-0.05, 0) is 87.6 Å². The molecule has 0 aliphatic heterocycles. The van der Waals surface area contributed by atoms with Gasteiger partial charge in [-0.25, -0.2) is 4.98 Å². The molecule has 10 aromatic rings. The van der Waals surface area contributed by atoms with Crippen molar-refractivity contribution in [3.63, 3.8) is 0 Å². The smallest absolute Gasteiger partial charge is 0.124 e. The van der Waals surface area contributed by atoms with Crippen LogP contribution in [-0.4, -0.2) is 4.98 Å². The molecule has 4 heteroatoms. The first-order valence-corrected chi connectivity index (χ1v) is 18.7.